The Balaban J connectivity index is 3.14. The van der Waals surface area contributed by atoms with Crippen LogP contribution in [0.15, 0.2) is 12.2 Å². The van der Waals surface area contributed by atoms with E-state index < -0.39 is 0 Å². The second-order valence-electron chi connectivity index (χ2n) is 6.40. The minimum absolute atomic E-state index is 0.0792. The standard InChI is InChI=1S/C21H39O2/c1-3-5-6-7-8-9-10-11-12-13-14-15-16-17-18-19-21(22)23-20-4-2/h11-12,20H,3-10,13-19H2,1-2H3/b12-11-. The van der Waals surface area contributed by atoms with Crippen LogP contribution in [-0.4, -0.2) is 5.97 Å². The molecule has 0 aromatic heterocycles. The van der Waals surface area contributed by atoms with Crippen LogP contribution in [0.25, 0.3) is 0 Å². The first-order valence-corrected chi connectivity index (χ1v) is 9.97. The lowest BCUT2D eigenvalue weighted by Crippen LogP contribution is -2.01. The van der Waals surface area contributed by atoms with E-state index in [4.69, 9.17) is 4.74 Å². The van der Waals surface area contributed by atoms with Gasteiger partial charge in [-0.05, 0) is 38.5 Å². The molecule has 0 spiro atoms. The van der Waals surface area contributed by atoms with Crippen molar-refractivity contribution in [2.75, 3.05) is 0 Å². The molecule has 0 aromatic carbocycles. The zero-order chi connectivity index (χ0) is 17.0. The molecule has 2 nitrogen and oxygen atoms in total. The van der Waals surface area contributed by atoms with Gasteiger partial charge in [0.1, 0.15) is 6.61 Å². The van der Waals surface area contributed by atoms with E-state index in [-0.39, 0.29) is 5.97 Å². The second-order valence-corrected chi connectivity index (χ2v) is 6.40. The minimum Gasteiger partial charge on any atom is -0.458 e. The molecule has 2 heteroatoms. The average Bonchev–Trinajstić information content (AvgIpc) is 2.56. The number of hydrogen-bond acceptors (Lipinski definition) is 2. The molecular weight excluding hydrogens is 284 g/mol. The predicted molar refractivity (Wildman–Crippen MR) is 100 cm³/mol. The Morgan fingerprint density at radius 2 is 1.26 bits per heavy atom. The molecule has 0 atom stereocenters. The van der Waals surface area contributed by atoms with Crippen LogP contribution in [0.1, 0.15) is 110 Å². The lowest BCUT2D eigenvalue weighted by molar-refractivity contribution is -0.140. The van der Waals surface area contributed by atoms with Crippen molar-refractivity contribution >= 4 is 5.97 Å². The molecule has 1 radical (unpaired) electrons. The van der Waals surface area contributed by atoms with Gasteiger partial charge in [0.15, 0.2) is 0 Å². The number of hydrogen-bond donors (Lipinski definition) is 0. The van der Waals surface area contributed by atoms with Crippen molar-refractivity contribution < 1.29 is 9.53 Å². The Hall–Kier alpha value is -0.790. The van der Waals surface area contributed by atoms with Gasteiger partial charge in [-0.1, -0.05) is 77.4 Å². The van der Waals surface area contributed by atoms with Crippen LogP contribution in [0.2, 0.25) is 0 Å². The molecular formula is C21H39O2. The van der Waals surface area contributed by atoms with Gasteiger partial charge in [0.25, 0.3) is 0 Å². The van der Waals surface area contributed by atoms with E-state index in [9.17, 15) is 4.79 Å². The Labute approximate surface area is 145 Å². The molecule has 0 rings (SSSR count). The minimum atomic E-state index is -0.0792. The molecule has 135 valence electrons. The Morgan fingerprint density at radius 1 is 0.739 bits per heavy atom. The summed E-state index contributed by atoms with van der Waals surface area (Å²) in [6.45, 7) is 5.82. The van der Waals surface area contributed by atoms with Gasteiger partial charge in [0, 0.05) is 6.42 Å². The van der Waals surface area contributed by atoms with Crippen molar-refractivity contribution in [1.82, 2.24) is 0 Å². The van der Waals surface area contributed by atoms with Crippen LogP contribution >= 0.6 is 0 Å². The summed E-state index contributed by atoms with van der Waals surface area (Å²) in [6, 6.07) is 0. The molecule has 0 unspecified atom stereocenters. The van der Waals surface area contributed by atoms with Gasteiger partial charge in [-0.15, -0.1) is 0 Å². The van der Waals surface area contributed by atoms with Crippen LogP contribution in [0.5, 0.6) is 0 Å². The Kier molecular flexibility index (Phi) is 18.6. The van der Waals surface area contributed by atoms with Crippen LogP contribution in [0.3, 0.4) is 0 Å². The highest BCUT2D eigenvalue weighted by Gasteiger charge is 2.01. The number of rotatable bonds is 17. The normalized spacial score (nSPS) is 11.2. The van der Waals surface area contributed by atoms with Crippen molar-refractivity contribution in [3.63, 3.8) is 0 Å². The summed E-state index contributed by atoms with van der Waals surface area (Å²) in [4.78, 5) is 11.3. The fourth-order valence-corrected chi connectivity index (χ4v) is 2.58. The molecule has 0 amide bonds. The van der Waals surface area contributed by atoms with Gasteiger partial charge < -0.3 is 4.74 Å². The summed E-state index contributed by atoms with van der Waals surface area (Å²) in [6.07, 6.45) is 22.7. The zero-order valence-corrected chi connectivity index (χ0v) is 15.7. The quantitative estimate of drug-likeness (QED) is 0.161. The number of ether oxygens (including phenoxy) is 1. The number of unbranched alkanes of at least 4 members (excludes halogenated alkanes) is 11. The topological polar surface area (TPSA) is 26.3 Å². The molecule has 0 heterocycles. The van der Waals surface area contributed by atoms with E-state index in [0.29, 0.717) is 6.42 Å². The zero-order valence-electron chi connectivity index (χ0n) is 15.7. The first-order chi connectivity index (χ1) is 11.3. The van der Waals surface area contributed by atoms with Gasteiger partial charge in [0.05, 0.1) is 0 Å². The van der Waals surface area contributed by atoms with Crippen molar-refractivity contribution in [3.8, 4) is 0 Å². The third-order valence-corrected chi connectivity index (χ3v) is 4.02. The van der Waals surface area contributed by atoms with Crippen LogP contribution < -0.4 is 0 Å². The van der Waals surface area contributed by atoms with E-state index in [1.165, 1.54) is 70.6 Å². The summed E-state index contributed by atoms with van der Waals surface area (Å²) in [5.41, 5.74) is 0. The summed E-state index contributed by atoms with van der Waals surface area (Å²) >= 11 is 0. The fraction of sp³-hybridized carbons (Fsp3) is 0.810. The highest BCUT2D eigenvalue weighted by atomic mass is 16.5. The van der Waals surface area contributed by atoms with Gasteiger partial charge in [-0.2, -0.15) is 0 Å². The van der Waals surface area contributed by atoms with E-state index in [1.807, 2.05) is 6.92 Å². The maximum Gasteiger partial charge on any atom is 0.306 e. The Bertz CT molecular complexity index is 271. The Morgan fingerprint density at radius 3 is 1.83 bits per heavy atom. The number of allylic oxidation sites excluding steroid dienone is 2. The SMILES string of the molecule is CC[CH]OC(=O)CCCCCCC/C=C\CCCCCCCC. The molecule has 0 aromatic rings. The molecule has 23 heavy (non-hydrogen) atoms. The third kappa shape index (κ3) is 19.2. The molecule has 0 aliphatic carbocycles. The first kappa shape index (κ1) is 22.2. The van der Waals surface area contributed by atoms with E-state index in [1.54, 1.807) is 6.61 Å². The maximum atomic E-state index is 11.3. The molecule has 0 saturated carbocycles. The summed E-state index contributed by atoms with van der Waals surface area (Å²) in [5.74, 6) is -0.0792. The largest absolute Gasteiger partial charge is 0.458 e. The second kappa shape index (κ2) is 19.3. The molecule has 0 aliphatic rings. The maximum absolute atomic E-state index is 11.3. The highest BCUT2D eigenvalue weighted by Crippen LogP contribution is 2.10. The molecule has 0 bridgehead atoms. The predicted octanol–water partition coefficient (Wildman–Crippen LogP) is 7.14. The van der Waals surface area contributed by atoms with E-state index in [0.717, 1.165) is 19.3 Å². The van der Waals surface area contributed by atoms with Crippen molar-refractivity contribution in [3.05, 3.63) is 18.8 Å². The summed E-state index contributed by atoms with van der Waals surface area (Å²) in [7, 11) is 0. The highest BCUT2D eigenvalue weighted by molar-refractivity contribution is 5.69. The van der Waals surface area contributed by atoms with Crippen LogP contribution in [0, 0.1) is 6.61 Å². The van der Waals surface area contributed by atoms with Gasteiger partial charge in [0.2, 0.25) is 0 Å². The van der Waals surface area contributed by atoms with E-state index >= 15 is 0 Å². The lowest BCUT2D eigenvalue weighted by atomic mass is 10.1. The number of carbonyl (C=O) groups is 1. The number of esters is 1. The van der Waals surface area contributed by atoms with E-state index in [2.05, 4.69) is 19.1 Å². The lowest BCUT2D eigenvalue weighted by Gasteiger charge is -2.02. The number of carbonyl (C=O) groups excluding carboxylic acids is 1. The molecule has 0 aliphatic heterocycles. The monoisotopic (exact) mass is 323 g/mol. The third-order valence-electron chi connectivity index (χ3n) is 4.02. The van der Waals surface area contributed by atoms with Crippen molar-refractivity contribution in [1.29, 1.82) is 0 Å². The average molecular weight is 324 g/mol. The molecule has 0 N–H and O–H groups in total. The molecule has 0 fully saturated rings. The summed E-state index contributed by atoms with van der Waals surface area (Å²) < 4.78 is 4.94. The van der Waals surface area contributed by atoms with Crippen molar-refractivity contribution in [2.45, 2.75) is 110 Å². The van der Waals surface area contributed by atoms with Gasteiger partial charge in [-0.25, -0.2) is 0 Å². The summed E-state index contributed by atoms with van der Waals surface area (Å²) in [5, 5.41) is 0. The van der Waals surface area contributed by atoms with Gasteiger partial charge >= 0.3 is 5.97 Å². The smallest absolute Gasteiger partial charge is 0.306 e. The fourth-order valence-electron chi connectivity index (χ4n) is 2.58. The van der Waals surface area contributed by atoms with Crippen LogP contribution in [0.4, 0.5) is 0 Å². The van der Waals surface area contributed by atoms with Crippen molar-refractivity contribution in [2.24, 2.45) is 0 Å². The van der Waals surface area contributed by atoms with Gasteiger partial charge in [-0.3, -0.25) is 4.79 Å². The molecule has 0 saturated heterocycles. The van der Waals surface area contributed by atoms with Crippen LogP contribution in [-0.2, 0) is 9.53 Å². The first-order valence-electron chi connectivity index (χ1n) is 9.97.